The molecule has 32 heavy (non-hydrogen) atoms. The number of thiophene rings is 1. The summed E-state index contributed by atoms with van der Waals surface area (Å²) < 4.78 is 13.7. The van der Waals surface area contributed by atoms with Crippen molar-refractivity contribution in [2.45, 2.75) is 57.0 Å². The Labute approximate surface area is 195 Å². The molecule has 1 saturated heterocycles. The van der Waals surface area contributed by atoms with Gasteiger partial charge in [-0.1, -0.05) is 17.8 Å². The van der Waals surface area contributed by atoms with E-state index in [1.807, 2.05) is 36.6 Å². The molecule has 0 saturated carbocycles. The lowest BCUT2D eigenvalue weighted by atomic mass is 10.1. The summed E-state index contributed by atoms with van der Waals surface area (Å²) in [5.74, 6) is 0.968. The molecule has 0 aromatic carbocycles. The van der Waals surface area contributed by atoms with E-state index in [4.69, 9.17) is 19.2 Å². The Morgan fingerprint density at radius 2 is 2.22 bits per heavy atom. The molecular weight excluding hydrogens is 444 g/mol. The van der Waals surface area contributed by atoms with Gasteiger partial charge in [-0.05, 0) is 50.3 Å². The minimum Gasteiger partial charge on any atom is -0.467 e. The first-order valence-corrected chi connectivity index (χ1v) is 12.7. The van der Waals surface area contributed by atoms with Crippen molar-refractivity contribution in [3.63, 3.8) is 0 Å². The van der Waals surface area contributed by atoms with Gasteiger partial charge in [0.2, 0.25) is 0 Å². The maximum absolute atomic E-state index is 13.3. The number of aromatic nitrogens is 2. The number of thioether (sulfide) groups is 1. The van der Waals surface area contributed by atoms with E-state index in [0.29, 0.717) is 6.42 Å². The van der Waals surface area contributed by atoms with Crippen molar-refractivity contribution in [2.75, 3.05) is 12.4 Å². The molecule has 5 rings (SSSR count). The highest BCUT2D eigenvalue weighted by Crippen LogP contribution is 2.35. The molecule has 5 heterocycles. The lowest BCUT2D eigenvalue weighted by Gasteiger charge is -2.20. The third-order valence-electron chi connectivity index (χ3n) is 6.00. The summed E-state index contributed by atoms with van der Waals surface area (Å²) in [5, 5.41) is 9.18. The summed E-state index contributed by atoms with van der Waals surface area (Å²) in [4.78, 5) is 19.1. The summed E-state index contributed by atoms with van der Waals surface area (Å²) in [6.07, 6.45) is 4.68. The predicted octanol–water partition coefficient (Wildman–Crippen LogP) is 4.80. The van der Waals surface area contributed by atoms with Crippen molar-refractivity contribution < 1.29 is 13.9 Å². The molecule has 7 nitrogen and oxygen atoms in total. The van der Waals surface area contributed by atoms with Crippen molar-refractivity contribution in [2.24, 2.45) is 5.10 Å². The van der Waals surface area contributed by atoms with Crippen LogP contribution < -0.4 is 0 Å². The van der Waals surface area contributed by atoms with Crippen LogP contribution >= 0.6 is 23.1 Å². The lowest BCUT2D eigenvalue weighted by molar-refractivity contribution is -0.130. The molecule has 1 amide bonds. The standard InChI is InChI=1S/C23H26N4O3S2/c1-15-16(2)26(13-17-6-3-9-29-17)23(24-15)32-14-22(28)27-19(20-7-4-10-30-20)12-18(25-27)21-8-5-11-31-21/h4-5,7-8,10-11,17,19H,3,6,9,12-14H2,1-2H3. The molecule has 9 heteroatoms. The number of imidazole rings is 1. The largest absolute Gasteiger partial charge is 0.467 e. The summed E-state index contributed by atoms with van der Waals surface area (Å²) >= 11 is 3.10. The monoisotopic (exact) mass is 470 g/mol. The summed E-state index contributed by atoms with van der Waals surface area (Å²) in [6.45, 7) is 5.70. The Balaban J connectivity index is 1.33. The van der Waals surface area contributed by atoms with Crippen molar-refractivity contribution >= 4 is 34.7 Å². The van der Waals surface area contributed by atoms with Crippen LogP contribution in [-0.4, -0.2) is 44.6 Å². The minimum absolute atomic E-state index is 0.0510. The summed E-state index contributed by atoms with van der Waals surface area (Å²) in [5.41, 5.74) is 3.04. The van der Waals surface area contributed by atoms with Gasteiger partial charge in [0.05, 0.1) is 40.9 Å². The van der Waals surface area contributed by atoms with Crippen LogP contribution in [0, 0.1) is 13.8 Å². The van der Waals surface area contributed by atoms with E-state index >= 15 is 0 Å². The van der Waals surface area contributed by atoms with Crippen LogP contribution in [0.2, 0.25) is 0 Å². The third-order valence-corrected chi connectivity index (χ3v) is 7.88. The molecule has 0 spiro atoms. The predicted molar refractivity (Wildman–Crippen MR) is 125 cm³/mol. The van der Waals surface area contributed by atoms with Crippen LogP contribution in [0.3, 0.4) is 0 Å². The van der Waals surface area contributed by atoms with E-state index in [2.05, 4.69) is 11.5 Å². The topological polar surface area (TPSA) is 72.9 Å². The fourth-order valence-electron chi connectivity index (χ4n) is 4.17. The molecule has 0 N–H and O–H groups in total. The first-order chi connectivity index (χ1) is 15.6. The number of furan rings is 1. The average Bonchev–Trinajstić information content (AvgIpc) is 3.59. The number of rotatable bonds is 7. The van der Waals surface area contributed by atoms with Crippen LogP contribution in [-0.2, 0) is 16.1 Å². The van der Waals surface area contributed by atoms with Gasteiger partial charge >= 0.3 is 0 Å². The highest BCUT2D eigenvalue weighted by molar-refractivity contribution is 7.99. The Bertz CT molecular complexity index is 1100. The van der Waals surface area contributed by atoms with Crippen LogP contribution in [0.25, 0.3) is 0 Å². The number of ether oxygens (including phenoxy) is 1. The maximum atomic E-state index is 13.3. The van der Waals surface area contributed by atoms with Gasteiger partial charge in [0, 0.05) is 18.7 Å². The van der Waals surface area contributed by atoms with Gasteiger partial charge in [-0.25, -0.2) is 9.99 Å². The molecule has 168 valence electrons. The van der Waals surface area contributed by atoms with Gasteiger partial charge in [0.15, 0.2) is 5.16 Å². The van der Waals surface area contributed by atoms with Gasteiger partial charge in [-0.15, -0.1) is 11.3 Å². The van der Waals surface area contributed by atoms with Crippen molar-refractivity contribution in [1.82, 2.24) is 14.6 Å². The summed E-state index contributed by atoms with van der Waals surface area (Å²) in [6, 6.07) is 7.59. The number of carbonyl (C=O) groups excluding carboxylic acids is 1. The zero-order valence-corrected chi connectivity index (χ0v) is 19.8. The highest BCUT2D eigenvalue weighted by atomic mass is 32.2. The Kier molecular flexibility index (Phi) is 6.21. The van der Waals surface area contributed by atoms with Crippen LogP contribution in [0.1, 0.15) is 47.3 Å². The smallest absolute Gasteiger partial charge is 0.253 e. The van der Waals surface area contributed by atoms with Gasteiger partial charge in [-0.3, -0.25) is 4.79 Å². The number of aryl methyl sites for hydroxylation is 1. The second-order valence-corrected chi connectivity index (χ2v) is 9.99. The molecule has 2 atom stereocenters. The van der Waals surface area contributed by atoms with Gasteiger partial charge in [0.1, 0.15) is 11.8 Å². The molecule has 2 aliphatic rings. The number of hydrogen-bond acceptors (Lipinski definition) is 7. The molecule has 3 aromatic rings. The van der Waals surface area contributed by atoms with Crippen molar-refractivity contribution in [1.29, 1.82) is 0 Å². The first kappa shape index (κ1) is 21.5. The van der Waals surface area contributed by atoms with Crippen molar-refractivity contribution in [3.05, 3.63) is 57.9 Å². The van der Waals surface area contributed by atoms with E-state index in [0.717, 1.165) is 58.9 Å². The summed E-state index contributed by atoms with van der Waals surface area (Å²) in [7, 11) is 0. The van der Waals surface area contributed by atoms with E-state index in [-0.39, 0.29) is 23.8 Å². The Morgan fingerprint density at radius 1 is 1.31 bits per heavy atom. The second kappa shape index (κ2) is 9.25. The molecule has 0 bridgehead atoms. The number of amides is 1. The zero-order chi connectivity index (χ0) is 22.1. The average molecular weight is 471 g/mol. The van der Waals surface area contributed by atoms with E-state index in [1.165, 1.54) is 11.8 Å². The molecule has 2 aliphatic heterocycles. The van der Waals surface area contributed by atoms with Gasteiger partial charge < -0.3 is 13.7 Å². The Morgan fingerprint density at radius 3 is 2.94 bits per heavy atom. The number of nitrogens with zero attached hydrogens (tertiary/aromatic N) is 4. The van der Waals surface area contributed by atoms with E-state index in [9.17, 15) is 4.79 Å². The fraction of sp³-hybridized carbons (Fsp3) is 0.435. The second-order valence-electron chi connectivity index (χ2n) is 8.10. The highest BCUT2D eigenvalue weighted by Gasteiger charge is 2.35. The third kappa shape index (κ3) is 4.29. The first-order valence-electron chi connectivity index (χ1n) is 10.8. The van der Waals surface area contributed by atoms with Crippen LogP contribution in [0.4, 0.5) is 0 Å². The number of carbonyl (C=O) groups is 1. The quantitative estimate of drug-likeness (QED) is 0.464. The molecule has 0 aliphatic carbocycles. The maximum Gasteiger partial charge on any atom is 0.253 e. The van der Waals surface area contributed by atoms with Crippen LogP contribution in [0.15, 0.2) is 50.6 Å². The molecule has 1 fully saturated rings. The fourth-order valence-corrected chi connectivity index (χ4v) is 5.84. The molecule has 3 aromatic heterocycles. The van der Waals surface area contributed by atoms with Gasteiger partial charge in [-0.2, -0.15) is 5.10 Å². The lowest BCUT2D eigenvalue weighted by Crippen LogP contribution is -2.28. The molecule has 0 radical (unpaired) electrons. The zero-order valence-electron chi connectivity index (χ0n) is 18.2. The molecule has 2 unspecified atom stereocenters. The Hall–Kier alpha value is -2.36. The normalized spacial score (nSPS) is 20.8. The molecular formula is C23H26N4O3S2. The van der Waals surface area contributed by atoms with E-state index in [1.54, 1.807) is 22.6 Å². The number of hydrazone groups is 1. The minimum atomic E-state index is -0.217. The van der Waals surface area contributed by atoms with Crippen molar-refractivity contribution in [3.8, 4) is 0 Å². The SMILES string of the molecule is Cc1nc(SCC(=O)N2N=C(c3cccs3)CC2c2ccco2)n(CC2CCCO2)c1C. The van der Waals surface area contributed by atoms with Crippen LogP contribution in [0.5, 0.6) is 0 Å². The van der Waals surface area contributed by atoms with Gasteiger partial charge in [0.25, 0.3) is 5.91 Å². The number of hydrogen-bond donors (Lipinski definition) is 0. The van der Waals surface area contributed by atoms with E-state index < -0.39 is 0 Å².